The minimum Gasteiger partial charge on any atom is -0.495 e. The van der Waals surface area contributed by atoms with Gasteiger partial charge in [0.2, 0.25) is 10.0 Å². The van der Waals surface area contributed by atoms with Gasteiger partial charge in [0.1, 0.15) is 23.1 Å². The molecule has 2 aromatic rings. The molecule has 1 aliphatic heterocycles. The minimum absolute atomic E-state index is 0.0453. The number of hydrogen-bond acceptors (Lipinski definition) is 5. The van der Waals surface area contributed by atoms with Crippen molar-refractivity contribution in [3.8, 4) is 5.75 Å². The lowest BCUT2D eigenvalue weighted by atomic mass is 10.1. The van der Waals surface area contributed by atoms with Crippen LogP contribution in [0.4, 0.5) is 4.39 Å². The van der Waals surface area contributed by atoms with Crippen LogP contribution in [-0.2, 0) is 21.4 Å². The van der Waals surface area contributed by atoms with Gasteiger partial charge in [-0.3, -0.25) is 0 Å². The van der Waals surface area contributed by atoms with Gasteiger partial charge in [-0.15, -0.1) is 0 Å². The van der Waals surface area contributed by atoms with Crippen molar-refractivity contribution in [3.63, 3.8) is 0 Å². The van der Waals surface area contributed by atoms with Crippen molar-refractivity contribution >= 4 is 16.0 Å². The molecule has 156 valence electrons. The molecule has 1 aliphatic rings. The zero-order chi connectivity index (χ0) is 21.0. The highest BCUT2D eigenvalue weighted by molar-refractivity contribution is 7.89. The first-order valence-corrected chi connectivity index (χ1v) is 10.9. The first kappa shape index (κ1) is 21.3. The average Bonchev–Trinajstić information content (AvgIpc) is 2.72. The fourth-order valence-corrected chi connectivity index (χ4v) is 5.26. The van der Waals surface area contributed by atoms with Gasteiger partial charge in [-0.2, -0.15) is 4.31 Å². The maximum Gasteiger partial charge on any atom is 0.338 e. The molecule has 29 heavy (non-hydrogen) atoms. The number of benzene rings is 2. The molecule has 3 rings (SSSR count). The van der Waals surface area contributed by atoms with Crippen LogP contribution in [0, 0.1) is 5.82 Å². The van der Waals surface area contributed by atoms with Gasteiger partial charge in [0.15, 0.2) is 0 Å². The topological polar surface area (TPSA) is 72.9 Å². The zero-order valence-electron chi connectivity index (χ0n) is 16.4. The second kappa shape index (κ2) is 8.92. The highest BCUT2D eigenvalue weighted by Gasteiger charge is 2.33. The summed E-state index contributed by atoms with van der Waals surface area (Å²) in [5.41, 5.74) is 0.736. The molecule has 0 aliphatic carbocycles. The molecular formula is C21H24FNO5S. The Morgan fingerprint density at radius 3 is 2.55 bits per heavy atom. The first-order chi connectivity index (χ1) is 13.8. The van der Waals surface area contributed by atoms with Crippen molar-refractivity contribution in [1.29, 1.82) is 0 Å². The Bertz CT molecular complexity index is 975. The molecule has 0 N–H and O–H groups in total. The molecule has 1 heterocycles. The largest absolute Gasteiger partial charge is 0.495 e. The highest BCUT2D eigenvalue weighted by Crippen LogP contribution is 2.31. The lowest BCUT2D eigenvalue weighted by Crippen LogP contribution is -2.42. The normalized spacial score (nSPS) is 17.7. The third kappa shape index (κ3) is 4.76. The van der Waals surface area contributed by atoms with E-state index in [2.05, 4.69) is 0 Å². The van der Waals surface area contributed by atoms with Crippen LogP contribution in [0.2, 0.25) is 0 Å². The molecule has 0 amide bonds. The Morgan fingerprint density at radius 1 is 1.17 bits per heavy atom. The van der Waals surface area contributed by atoms with E-state index < -0.39 is 16.0 Å². The van der Waals surface area contributed by atoms with Crippen LogP contribution in [0.5, 0.6) is 5.75 Å². The Hall–Kier alpha value is -2.45. The number of methoxy groups -OCH3 is 1. The van der Waals surface area contributed by atoms with Crippen molar-refractivity contribution in [2.75, 3.05) is 13.7 Å². The predicted molar refractivity (Wildman–Crippen MR) is 106 cm³/mol. The quantitative estimate of drug-likeness (QED) is 0.664. The molecule has 1 atom stereocenters. The van der Waals surface area contributed by atoms with Crippen LogP contribution in [-0.4, -0.2) is 38.4 Å². The molecule has 0 saturated carbocycles. The second-order valence-corrected chi connectivity index (χ2v) is 8.89. The lowest BCUT2D eigenvalue weighted by molar-refractivity contribution is 0.0472. The number of ether oxygens (including phenoxy) is 2. The standard InChI is InChI=1S/C21H24FNO5S/c1-15-5-3-4-12-23(15)29(25,26)20-13-17(8-11-19(20)27-2)21(24)28-14-16-6-9-18(22)10-7-16/h6-11,13,15H,3-5,12,14H2,1-2H3/t15-/m1/s1. The van der Waals surface area contributed by atoms with Gasteiger partial charge in [0, 0.05) is 12.6 Å². The molecule has 0 unspecified atom stereocenters. The Morgan fingerprint density at radius 2 is 1.90 bits per heavy atom. The predicted octanol–water partition coefficient (Wildman–Crippen LogP) is 3.75. The number of hydrogen-bond donors (Lipinski definition) is 0. The number of carbonyl (C=O) groups excluding carboxylic acids is 1. The van der Waals surface area contributed by atoms with Crippen molar-refractivity contribution in [3.05, 3.63) is 59.4 Å². The minimum atomic E-state index is -3.82. The van der Waals surface area contributed by atoms with Crippen molar-refractivity contribution < 1.29 is 27.1 Å². The van der Waals surface area contributed by atoms with Crippen molar-refractivity contribution in [1.82, 2.24) is 4.31 Å². The maximum atomic E-state index is 13.2. The summed E-state index contributed by atoms with van der Waals surface area (Å²) in [6.45, 7) is 2.27. The van der Waals surface area contributed by atoms with E-state index >= 15 is 0 Å². The average molecular weight is 421 g/mol. The number of sulfonamides is 1. The van der Waals surface area contributed by atoms with Crippen LogP contribution < -0.4 is 4.74 Å². The van der Waals surface area contributed by atoms with Gasteiger partial charge in [-0.1, -0.05) is 18.6 Å². The summed E-state index contributed by atoms with van der Waals surface area (Å²) in [6, 6.07) is 9.69. The van der Waals surface area contributed by atoms with Gasteiger partial charge < -0.3 is 9.47 Å². The van der Waals surface area contributed by atoms with Crippen molar-refractivity contribution in [2.45, 2.75) is 43.7 Å². The third-order valence-corrected chi connectivity index (χ3v) is 7.05. The summed E-state index contributed by atoms with van der Waals surface area (Å²) in [5.74, 6) is -0.866. The molecule has 2 aromatic carbocycles. The molecule has 1 saturated heterocycles. The van der Waals surface area contributed by atoms with Gasteiger partial charge >= 0.3 is 5.97 Å². The summed E-state index contributed by atoms with van der Waals surface area (Å²) in [6.07, 6.45) is 2.58. The number of halogens is 1. The van der Waals surface area contributed by atoms with E-state index in [-0.39, 0.29) is 34.7 Å². The summed E-state index contributed by atoms with van der Waals surface area (Å²) in [7, 11) is -2.43. The fourth-order valence-electron chi connectivity index (χ4n) is 3.37. The fraction of sp³-hybridized carbons (Fsp3) is 0.381. The first-order valence-electron chi connectivity index (χ1n) is 9.44. The molecule has 8 heteroatoms. The maximum absolute atomic E-state index is 13.2. The number of rotatable bonds is 6. The Kier molecular flexibility index (Phi) is 6.54. The van der Waals surface area contributed by atoms with Crippen LogP contribution >= 0.6 is 0 Å². The Balaban J connectivity index is 1.84. The SMILES string of the molecule is COc1ccc(C(=O)OCc2ccc(F)cc2)cc1S(=O)(=O)N1CCCC[C@H]1C. The van der Waals surface area contributed by atoms with E-state index in [0.29, 0.717) is 12.1 Å². The smallest absolute Gasteiger partial charge is 0.338 e. The van der Waals surface area contributed by atoms with Crippen LogP contribution in [0.15, 0.2) is 47.4 Å². The van der Waals surface area contributed by atoms with E-state index in [0.717, 1.165) is 19.3 Å². The molecular weight excluding hydrogens is 397 g/mol. The van der Waals surface area contributed by atoms with Crippen LogP contribution in [0.3, 0.4) is 0 Å². The molecule has 6 nitrogen and oxygen atoms in total. The van der Waals surface area contributed by atoms with E-state index in [9.17, 15) is 17.6 Å². The summed E-state index contributed by atoms with van der Waals surface area (Å²) >= 11 is 0. The second-order valence-electron chi connectivity index (χ2n) is 7.03. The third-order valence-electron chi connectivity index (χ3n) is 5.01. The van der Waals surface area contributed by atoms with E-state index in [4.69, 9.17) is 9.47 Å². The molecule has 0 spiro atoms. The van der Waals surface area contributed by atoms with Gasteiger partial charge in [0.05, 0.1) is 12.7 Å². The van der Waals surface area contributed by atoms with E-state index in [1.165, 1.54) is 53.9 Å². The summed E-state index contributed by atoms with van der Waals surface area (Å²) in [5, 5.41) is 0. The summed E-state index contributed by atoms with van der Waals surface area (Å²) in [4.78, 5) is 12.4. The lowest BCUT2D eigenvalue weighted by Gasteiger charge is -2.32. The van der Waals surface area contributed by atoms with Crippen molar-refractivity contribution in [2.24, 2.45) is 0 Å². The molecule has 0 aromatic heterocycles. The van der Waals surface area contributed by atoms with Gasteiger partial charge in [0.25, 0.3) is 0 Å². The molecule has 0 radical (unpaired) electrons. The number of piperidine rings is 1. The summed E-state index contributed by atoms with van der Waals surface area (Å²) < 4.78 is 51.4. The molecule has 0 bridgehead atoms. The highest BCUT2D eigenvalue weighted by atomic mass is 32.2. The van der Waals surface area contributed by atoms with E-state index in [1.807, 2.05) is 6.92 Å². The van der Waals surface area contributed by atoms with Gasteiger partial charge in [-0.05, 0) is 55.7 Å². The van der Waals surface area contributed by atoms with Gasteiger partial charge in [-0.25, -0.2) is 17.6 Å². The van der Waals surface area contributed by atoms with Crippen LogP contribution in [0.25, 0.3) is 0 Å². The number of carbonyl (C=O) groups is 1. The molecule has 1 fully saturated rings. The monoisotopic (exact) mass is 421 g/mol. The number of nitrogens with zero attached hydrogens (tertiary/aromatic N) is 1. The number of esters is 1. The Labute approximate surface area is 170 Å². The zero-order valence-corrected chi connectivity index (χ0v) is 17.2. The van der Waals surface area contributed by atoms with Crippen LogP contribution in [0.1, 0.15) is 42.1 Å². The van der Waals surface area contributed by atoms with E-state index in [1.54, 1.807) is 0 Å².